The molecule has 0 atom stereocenters. The van der Waals surface area contributed by atoms with Gasteiger partial charge in [-0.3, -0.25) is 9.59 Å². The second-order valence-corrected chi connectivity index (χ2v) is 8.52. The van der Waals surface area contributed by atoms with Crippen LogP contribution in [0.15, 0.2) is 101 Å². The molecule has 2 aromatic heterocycles. The first kappa shape index (κ1) is 22.9. The van der Waals surface area contributed by atoms with E-state index in [4.69, 9.17) is 0 Å². The molecule has 0 bridgehead atoms. The number of rotatable bonds is 5. The summed E-state index contributed by atoms with van der Waals surface area (Å²) in [5.41, 5.74) is 6.17. The van der Waals surface area contributed by atoms with E-state index in [1.54, 1.807) is 42.5 Å². The normalized spacial score (nSPS) is 11.3. The van der Waals surface area contributed by atoms with Gasteiger partial charge in [-0.15, -0.1) is 0 Å². The van der Waals surface area contributed by atoms with Crippen LogP contribution in [-0.4, -0.2) is 26.4 Å². The molecule has 3 aromatic carbocycles. The van der Waals surface area contributed by atoms with E-state index >= 15 is 0 Å². The Morgan fingerprint density at radius 1 is 0.889 bits per heavy atom. The smallest absolute Gasteiger partial charge is 0.273 e. The third kappa shape index (κ3) is 4.07. The predicted octanol–water partition coefficient (Wildman–Crippen LogP) is 4.87. The van der Waals surface area contributed by atoms with E-state index in [1.807, 2.05) is 67.2 Å². The van der Waals surface area contributed by atoms with Crippen molar-refractivity contribution in [3.8, 4) is 17.3 Å². The first-order valence-corrected chi connectivity index (χ1v) is 11.5. The quantitative estimate of drug-likeness (QED) is 0.280. The first-order valence-electron chi connectivity index (χ1n) is 11.5. The number of carbonyl (C=O) groups is 1. The van der Waals surface area contributed by atoms with Gasteiger partial charge in [-0.1, -0.05) is 48.0 Å². The van der Waals surface area contributed by atoms with Crippen molar-refractivity contribution in [3.63, 3.8) is 0 Å². The van der Waals surface area contributed by atoms with E-state index in [-0.39, 0.29) is 11.4 Å². The second kappa shape index (κ2) is 9.38. The van der Waals surface area contributed by atoms with E-state index in [0.29, 0.717) is 33.3 Å². The summed E-state index contributed by atoms with van der Waals surface area (Å²) in [6, 6.07) is 23.6. The van der Waals surface area contributed by atoms with E-state index in [0.717, 1.165) is 11.1 Å². The zero-order chi connectivity index (χ0) is 25.2. The number of hydrazone groups is 1. The first-order chi connectivity index (χ1) is 17.5. The van der Waals surface area contributed by atoms with E-state index < -0.39 is 5.91 Å². The summed E-state index contributed by atoms with van der Waals surface area (Å²) >= 11 is 0. The Morgan fingerprint density at radius 3 is 2.33 bits per heavy atom. The molecule has 0 fully saturated rings. The van der Waals surface area contributed by atoms with Crippen molar-refractivity contribution in [2.75, 3.05) is 0 Å². The van der Waals surface area contributed by atoms with Gasteiger partial charge < -0.3 is 9.67 Å². The molecule has 0 aliphatic heterocycles. The molecule has 2 heterocycles. The molecule has 0 radical (unpaired) electrons. The highest BCUT2D eigenvalue weighted by molar-refractivity contribution is 6.03. The third-order valence-electron chi connectivity index (χ3n) is 6.09. The molecule has 178 valence electrons. The number of hydrogen-bond acceptors (Lipinski definition) is 4. The standard InChI is InChI=1S/C29H24N4O3/c1-19-13-14-25(20(2)17-19)33-28(35)22-10-4-3-9-21(22)24(29(33)36)18-30-31-27(34)23-11-5-6-12-26(23)32-15-7-8-16-32/h3-18,36H,1-2H3,(H,31,34)/b30-18+. The average Bonchev–Trinajstić information content (AvgIpc) is 3.42. The van der Waals surface area contributed by atoms with Crippen molar-refractivity contribution in [3.05, 3.63) is 124 Å². The largest absolute Gasteiger partial charge is 0.494 e. The fourth-order valence-corrected chi connectivity index (χ4v) is 4.37. The van der Waals surface area contributed by atoms with Crippen LogP contribution < -0.4 is 11.0 Å². The molecule has 2 N–H and O–H groups in total. The summed E-state index contributed by atoms with van der Waals surface area (Å²) < 4.78 is 3.12. The average molecular weight is 477 g/mol. The monoisotopic (exact) mass is 476 g/mol. The number of aromatic nitrogens is 2. The molecule has 0 unspecified atom stereocenters. The second-order valence-electron chi connectivity index (χ2n) is 8.52. The van der Waals surface area contributed by atoms with Gasteiger partial charge >= 0.3 is 0 Å². The Labute approximate surface area is 207 Å². The minimum atomic E-state index is -0.401. The highest BCUT2D eigenvalue weighted by Crippen LogP contribution is 2.27. The number of fused-ring (bicyclic) bond motifs is 1. The number of nitrogens with zero attached hydrogens (tertiary/aromatic N) is 3. The summed E-state index contributed by atoms with van der Waals surface area (Å²) in [4.78, 5) is 26.3. The van der Waals surface area contributed by atoms with Crippen LogP contribution in [0.2, 0.25) is 0 Å². The van der Waals surface area contributed by atoms with Gasteiger partial charge in [-0.05, 0) is 55.8 Å². The number of hydrogen-bond donors (Lipinski definition) is 2. The van der Waals surface area contributed by atoms with Gasteiger partial charge in [-0.25, -0.2) is 9.99 Å². The van der Waals surface area contributed by atoms with Crippen LogP contribution in [0, 0.1) is 13.8 Å². The van der Waals surface area contributed by atoms with E-state index in [9.17, 15) is 14.7 Å². The van der Waals surface area contributed by atoms with Crippen LogP contribution in [-0.2, 0) is 0 Å². The summed E-state index contributed by atoms with van der Waals surface area (Å²) in [7, 11) is 0. The summed E-state index contributed by atoms with van der Waals surface area (Å²) in [5, 5.41) is 16.3. The molecule has 7 nitrogen and oxygen atoms in total. The van der Waals surface area contributed by atoms with Crippen molar-refractivity contribution >= 4 is 22.9 Å². The lowest BCUT2D eigenvalue weighted by Gasteiger charge is -2.16. The lowest BCUT2D eigenvalue weighted by molar-refractivity contribution is 0.0955. The number of nitrogens with one attached hydrogen (secondary N) is 1. The van der Waals surface area contributed by atoms with Gasteiger partial charge in [0.05, 0.1) is 28.7 Å². The maximum atomic E-state index is 13.3. The topological polar surface area (TPSA) is 88.6 Å². The van der Waals surface area contributed by atoms with Crippen molar-refractivity contribution < 1.29 is 9.90 Å². The molecule has 7 heteroatoms. The maximum Gasteiger partial charge on any atom is 0.273 e. The number of aryl methyl sites for hydroxylation is 2. The molecule has 1 amide bonds. The van der Waals surface area contributed by atoms with Crippen molar-refractivity contribution in [1.29, 1.82) is 0 Å². The van der Waals surface area contributed by atoms with E-state index in [2.05, 4.69) is 10.5 Å². The number of amides is 1. The fourth-order valence-electron chi connectivity index (χ4n) is 4.37. The van der Waals surface area contributed by atoms with Gasteiger partial charge in [0.15, 0.2) is 0 Å². The lowest BCUT2D eigenvalue weighted by Crippen LogP contribution is -2.22. The van der Waals surface area contributed by atoms with Crippen LogP contribution in [0.3, 0.4) is 0 Å². The van der Waals surface area contributed by atoms with Crippen LogP contribution in [0.1, 0.15) is 27.0 Å². The molecule has 0 aliphatic rings. The number of benzene rings is 3. The molecule has 5 aromatic rings. The van der Waals surface area contributed by atoms with Crippen LogP contribution in [0.4, 0.5) is 0 Å². The Morgan fingerprint density at radius 2 is 1.58 bits per heavy atom. The molecule has 0 spiro atoms. The van der Waals surface area contributed by atoms with Gasteiger partial charge in [0, 0.05) is 23.2 Å². The Hall–Kier alpha value is -4.91. The number of carbonyl (C=O) groups excluding carboxylic acids is 1. The zero-order valence-corrected chi connectivity index (χ0v) is 19.8. The van der Waals surface area contributed by atoms with E-state index in [1.165, 1.54) is 10.8 Å². The van der Waals surface area contributed by atoms with Crippen LogP contribution in [0.5, 0.6) is 5.88 Å². The van der Waals surface area contributed by atoms with Gasteiger partial charge in [0.2, 0.25) is 5.88 Å². The van der Waals surface area contributed by atoms with Crippen molar-refractivity contribution in [1.82, 2.24) is 14.6 Å². The van der Waals surface area contributed by atoms with Crippen molar-refractivity contribution in [2.45, 2.75) is 13.8 Å². The zero-order valence-electron chi connectivity index (χ0n) is 19.8. The number of pyridine rings is 1. The Kier molecular flexibility index (Phi) is 5.96. The number of para-hydroxylation sites is 1. The number of aromatic hydroxyl groups is 1. The van der Waals surface area contributed by atoms with Gasteiger partial charge in [0.1, 0.15) is 0 Å². The molecule has 0 aliphatic carbocycles. The third-order valence-corrected chi connectivity index (χ3v) is 6.09. The summed E-state index contributed by atoms with van der Waals surface area (Å²) in [6.45, 7) is 3.86. The highest BCUT2D eigenvalue weighted by atomic mass is 16.3. The minimum absolute atomic E-state index is 0.253. The predicted molar refractivity (Wildman–Crippen MR) is 142 cm³/mol. The van der Waals surface area contributed by atoms with Gasteiger partial charge in [-0.2, -0.15) is 5.10 Å². The molecule has 0 saturated heterocycles. The van der Waals surface area contributed by atoms with Crippen LogP contribution in [0.25, 0.3) is 22.1 Å². The van der Waals surface area contributed by atoms with Crippen molar-refractivity contribution in [2.24, 2.45) is 5.10 Å². The summed E-state index contributed by atoms with van der Waals surface area (Å²) in [5.74, 6) is -0.654. The molecule has 36 heavy (non-hydrogen) atoms. The fraction of sp³-hybridized carbons (Fsp3) is 0.0690. The Bertz CT molecular complexity index is 1680. The molecular weight excluding hydrogens is 452 g/mol. The summed E-state index contributed by atoms with van der Waals surface area (Å²) in [6.07, 6.45) is 5.08. The minimum Gasteiger partial charge on any atom is -0.494 e. The van der Waals surface area contributed by atoms with Gasteiger partial charge in [0.25, 0.3) is 11.5 Å². The highest BCUT2D eigenvalue weighted by Gasteiger charge is 2.18. The van der Waals surface area contributed by atoms with Crippen LogP contribution >= 0.6 is 0 Å². The SMILES string of the molecule is Cc1ccc(-n2c(O)c(/C=N/NC(=O)c3ccccc3-n3cccc3)c3ccccc3c2=O)c(C)c1. The molecular formula is C29H24N4O3. The lowest BCUT2D eigenvalue weighted by atomic mass is 10.1. The maximum absolute atomic E-state index is 13.3. The molecule has 5 rings (SSSR count). The molecule has 0 saturated carbocycles. The Balaban J connectivity index is 1.56.